The van der Waals surface area contributed by atoms with Crippen molar-refractivity contribution in [2.75, 3.05) is 26.2 Å². The lowest BCUT2D eigenvalue weighted by molar-refractivity contribution is -0.132. The molecule has 10 nitrogen and oxygen atoms in total. The van der Waals surface area contributed by atoms with Gasteiger partial charge < -0.3 is 19.3 Å². The number of carbonyl (C=O) groups is 4. The molecule has 1 aliphatic rings. The molecule has 1 aliphatic heterocycles. The van der Waals surface area contributed by atoms with Gasteiger partial charge in [0.05, 0.1) is 44.2 Å². The second-order valence-electron chi connectivity index (χ2n) is 7.92. The predicted molar refractivity (Wildman–Crippen MR) is 134 cm³/mol. The molecule has 0 bridgehead atoms. The van der Waals surface area contributed by atoms with Crippen LogP contribution in [-0.4, -0.2) is 55.0 Å². The highest BCUT2D eigenvalue weighted by molar-refractivity contribution is 7.17. The monoisotopic (exact) mass is 522 g/mol. The molecule has 1 amide bonds. The van der Waals surface area contributed by atoms with Crippen molar-refractivity contribution < 1.29 is 38.5 Å². The largest absolute Gasteiger partial charge is 0.507 e. The van der Waals surface area contributed by atoms with Crippen LogP contribution in [0.3, 0.4) is 0 Å². The molecule has 1 N–H and O–H groups in total. The van der Waals surface area contributed by atoms with Crippen molar-refractivity contribution in [2.45, 2.75) is 13.0 Å². The van der Waals surface area contributed by atoms with Crippen molar-refractivity contribution in [2.24, 2.45) is 0 Å². The molecule has 190 valence electrons. The van der Waals surface area contributed by atoms with E-state index >= 15 is 0 Å². The number of nitrogens with zero attached hydrogens (tertiary/aromatic N) is 2. The van der Waals surface area contributed by atoms with Crippen LogP contribution in [0.5, 0.6) is 5.75 Å². The summed E-state index contributed by atoms with van der Waals surface area (Å²) in [5.74, 6) is -3.03. The van der Waals surface area contributed by atoms with Gasteiger partial charge in [-0.25, -0.2) is 14.6 Å². The summed E-state index contributed by atoms with van der Waals surface area (Å²) in [6.07, 6.45) is 0. The molecular weight excluding hydrogens is 500 g/mol. The fourth-order valence-electron chi connectivity index (χ4n) is 3.96. The third kappa shape index (κ3) is 4.56. The lowest BCUT2D eigenvalue weighted by Crippen LogP contribution is -2.29. The Labute approximate surface area is 215 Å². The molecule has 3 aromatic rings. The minimum Gasteiger partial charge on any atom is -0.507 e. The quantitative estimate of drug-likeness (QED) is 0.223. The number of benzene rings is 2. The van der Waals surface area contributed by atoms with Crippen LogP contribution in [0, 0.1) is 6.92 Å². The van der Waals surface area contributed by atoms with E-state index in [0.717, 1.165) is 16.2 Å². The number of hydrogen-bond donors (Lipinski definition) is 1. The molecule has 1 unspecified atom stereocenters. The molecule has 37 heavy (non-hydrogen) atoms. The van der Waals surface area contributed by atoms with Crippen LogP contribution >= 0.6 is 11.3 Å². The van der Waals surface area contributed by atoms with Gasteiger partial charge in [-0.1, -0.05) is 35.6 Å². The summed E-state index contributed by atoms with van der Waals surface area (Å²) in [4.78, 5) is 56.4. The Hall–Kier alpha value is -4.51. The molecule has 2 aromatic carbocycles. The van der Waals surface area contributed by atoms with Gasteiger partial charge in [0, 0.05) is 5.56 Å². The van der Waals surface area contributed by atoms with Gasteiger partial charge in [-0.05, 0) is 36.8 Å². The molecule has 0 saturated carbocycles. The number of ketones is 1. The van der Waals surface area contributed by atoms with Gasteiger partial charge in [0.25, 0.3) is 5.78 Å². The molecule has 1 aromatic heterocycles. The Bertz CT molecular complexity index is 1440. The highest BCUT2D eigenvalue weighted by Crippen LogP contribution is 2.44. The molecule has 2 heterocycles. The van der Waals surface area contributed by atoms with Gasteiger partial charge in [0.1, 0.15) is 16.4 Å². The molecular formula is C26H22N2O8S. The maximum absolute atomic E-state index is 13.3. The van der Waals surface area contributed by atoms with Crippen LogP contribution in [0.2, 0.25) is 0 Å². The van der Waals surface area contributed by atoms with E-state index in [9.17, 15) is 24.3 Å². The number of ether oxygens (including phenoxy) is 3. The van der Waals surface area contributed by atoms with E-state index < -0.39 is 35.4 Å². The molecule has 11 heteroatoms. The van der Waals surface area contributed by atoms with Gasteiger partial charge >= 0.3 is 17.8 Å². The first-order chi connectivity index (χ1) is 17.7. The number of esters is 2. The topological polar surface area (TPSA) is 132 Å². The molecule has 0 spiro atoms. The number of aliphatic hydroxyl groups is 1. The second kappa shape index (κ2) is 10.2. The number of Topliss-reactive ketones (excluding diaryl/α,β-unsaturated/α-hetero) is 1. The highest BCUT2D eigenvalue weighted by atomic mass is 32.1. The van der Waals surface area contributed by atoms with Crippen LogP contribution in [0.15, 0.2) is 54.1 Å². The Balaban J connectivity index is 1.93. The summed E-state index contributed by atoms with van der Waals surface area (Å²) in [6, 6.07) is 11.4. The third-order valence-corrected chi connectivity index (χ3v) is 6.93. The number of aliphatic hydroxyl groups excluding tert-OH is 1. The summed E-state index contributed by atoms with van der Waals surface area (Å²) >= 11 is 0.890. The molecule has 4 rings (SSSR count). The van der Waals surface area contributed by atoms with E-state index in [1.807, 2.05) is 0 Å². The van der Waals surface area contributed by atoms with Crippen LogP contribution in [-0.2, 0) is 19.1 Å². The van der Waals surface area contributed by atoms with Gasteiger partial charge in [-0.2, -0.15) is 0 Å². The van der Waals surface area contributed by atoms with Crippen LogP contribution in [0.4, 0.5) is 5.13 Å². The van der Waals surface area contributed by atoms with Gasteiger partial charge in [0.2, 0.25) is 0 Å². The van der Waals surface area contributed by atoms with Crippen LogP contribution < -0.4 is 9.64 Å². The first-order valence-corrected chi connectivity index (χ1v) is 11.7. The first kappa shape index (κ1) is 25.6. The number of carbonyl (C=O) groups excluding carboxylic acids is 4. The van der Waals surface area contributed by atoms with Crippen LogP contribution in [0.1, 0.15) is 42.9 Å². The summed E-state index contributed by atoms with van der Waals surface area (Å²) in [6.45, 7) is 1.58. The molecule has 0 aliphatic carbocycles. The number of methoxy groups -OCH3 is 3. The SMILES string of the molecule is COC(=O)c1ccc(C2/C(=C(\O)c3cccc(OC)c3)C(=O)C(=O)N2c2nc(C)c(C(=O)OC)s2)cc1. The summed E-state index contributed by atoms with van der Waals surface area (Å²) in [7, 11) is 3.94. The van der Waals surface area contributed by atoms with Crippen molar-refractivity contribution in [1.82, 2.24) is 4.98 Å². The zero-order valence-electron chi connectivity index (χ0n) is 20.3. The van der Waals surface area contributed by atoms with Crippen molar-refractivity contribution >= 4 is 45.9 Å². The van der Waals surface area contributed by atoms with E-state index in [4.69, 9.17) is 14.2 Å². The summed E-state index contributed by atoms with van der Waals surface area (Å²) < 4.78 is 14.8. The van der Waals surface area contributed by atoms with Crippen molar-refractivity contribution in [3.8, 4) is 5.75 Å². The van der Waals surface area contributed by atoms with Gasteiger partial charge in [0.15, 0.2) is 5.13 Å². The van der Waals surface area contributed by atoms with E-state index in [2.05, 4.69) is 4.98 Å². The number of anilines is 1. The van der Waals surface area contributed by atoms with Gasteiger partial charge in [-0.3, -0.25) is 14.5 Å². The molecule has 1 saturated heterocycles. The lowest BCUT2D eigenvalue weighted by Gasteiger charge is -2.23. The fraction of sp³-hybridized carbons (Fsp3) is 0.192. The molecule has 1 fully saturated rings. The van der Waals surface area contributed by atoms with Crippen molar-refractivity contribution in [3.63, 3.8) is 0 Å². The Morgan fingerprint density at radius 3 is 2.27 bits per heavy atom. The Morgan fingerprint density at radius 2 is 1.65 bits per heavy atom. The van der Waals surface area contributed by atoms with Gasteiger partial charge in [-0.15, -0.1) is 0 Å². The Morgan fingerprint density at radius 1 is 0.973 bits per heavy atom. The maximum atomic E-state index is 13.3. The average molecular weight is 523 g/mol. The number of aryl methyl sites for hydroxylation is 1. The summed E-state index contributed by atoms with van der Waals surface area (Å²) in [5.41, 5.74) is 1.08. The standard InChI is InChI=1S/C26H22N2O8S/c1-13-22(25(33)36-4)37-26(27-13)28-19(14-8-10-15(11-9-14)24(32)35-3)18(21(30)23(28)31)20(29)16-6-5-7-17(12-16)34-2/h5-12,19,29H,1-4H3/b20-18+. The Kier molecular flexibility index (Phi) is 7.07. The minimum absolute atomic E-state index is 0.0757. The van der Waals surface area contributed by atoms with E-state index in [1.165, 1.54) is 39.5 Å². The number of amides is 1. The van der Waals surface area contributed by atoms with E-state index in [1.54, 1.807) is 37.3 Å². The number of hydrogen-bond acceptors (Lipinski definition) is 10. The van der Waals surface area contributed by atoms with E-state index in [-0.39, 0.29) is 26.7 Å². The lowest BCUT2D eigenvalue weighted by atomic mass is 9.94. The molecule has 0 radical (unpaired) electrons. The predicted octanol–water partition coefficient (Wildman–Crippen LogP) is 3.66. The highest BCUT2D eigenvalue weighted by Gasteiger charge is 2.48. The third-order valence-electron chi connectivity index (χ3n) is 5.80. The number of rotatable bonds is 6. The van der Waals surface area contributed by atoms with Crippen molar-refractivity contribution in [1.29, 1.82) is 0 Å². The second-order valence-corrected chi connectivity index (χ2v) is 8.89. The minimum atomic E-state index is -1.10. The average Bonchev–Trinajstić information content (AvgIpc) is 3.43. The number of thiazole rings is 1. The smallest absolute Gasteiger partial charge is 0.350 e. The van der Waals surface area contributed by atoms with E-state index in [0.29, 0.717) is 17.0 Å². The zero-order valence-corrected chi connectivity index (χ0v) is 21.1. The first-order valence-electron chi connectivity index (χ1n) is 10.9. The number of aromatic nitrogens is 1. The summed E-state index contributed by atoms with van der Waals surface area (Å²) in [5, 5.41) is 11.3. The normalized spacial score (nSPS) is 16.5. The van der Waals surface area contributed by atoms with Crippen LogP contribution in [0.25, 0.3) is 5.76 Å². The zero-order chi connectivity index (χ0) is 26.9. The molecule has 1 atom stereocenters. The maximum Gasteiger partial charge on any atom is 0.350 e. The van der Waals surface area contributed by atoms with Crippen molar-refractivity contribution in [3.05, 3.63) is 81.4 Å². The fourth-order valence-corrected chi connectivity index (χ4v) is 4.97.